The number of hydrogen-bond acceptors (Lipinski definition) is 7. The first-order valence-electron chi connectivity index (χ1n) is 11.0. The molecule has 2 heterocycles. The maximum Gasteiger partial charge on any atom is 0.341 e. The molecule has 0 amide bonds. The van der Waals surface area contributed by atoms with Crippen molar-refractivity contribution < 1.29 is 34.4 Å². The molecule has 1 aliphatic carbocycles. The van der Waals surface area contributed by atoms with Gasteiger partial charge in [-0.15, -0.1) is 12.4 Å². The van der Waals surface area contributed by atoms with Gasteiger partial charge in [0.2, 0.25) is 5.43 Å². The Morgan fingerprint density at radius 2 is 1.64 bits per heavy atom. The molecule has 0 unspecified atom stereocenters. The summed E-state index contributed by atoms with van der Waals surface area (Å²) in [6.07, 6.45) is 3.29. The third-order valence-electron chi connectivity index (χ3n) is 5.95. The highest BCUT2D eigenvalue weighted by Gasteiger charge is 2.28. The number of pyridine rings is 1. The van der Waals surface area contributed by atoms with Gasteiger partial charge in [0.25, 0.3) is 0 Å². The van der Waals surface area contributed by atoms with Crippen molar-refractivity contribution in [3.05, 3.63) is 63.7 Å². The molecule has 0 spiro atoms. The minimum Gasteiger partial charge on any atom is -0.504 e. The van der Waals surface area contributed by atoms with E-state index in [0.29, 0.717) is 24.3 Å². The summed E-state index contributed by atoms with van der Waals surface area (Å²) in [5, 5.41) is 38.6. The molecular weight excluding hydrogens is 497 g/mol. The molecule has 0 radical (unpaired) electrons. The van der Waals surface area contributed by atoms with Crippen LogP contribution in [-0.2, 0) is 0 Å². The summed E-state index contributed by atoms with van der Waals surface area (Å²) < 4.78 is 16.4. The highest BCUT2D eigenvalue weighted by molar-refractivity contribution is 5.93. The molecule has 36 heavy (non-hydrogen) atoms. The number of phenolic OH excluding ortho intramolecular Hbond substituents is 2. The van der Waals surface area contributed by atoms with Crippen LogP contribution < -0.4 is 15.6 Å². The lowest BCUT2D eigenvalue weighted by Gasteiger charge is -2.30. The van der Waals surface area contributed by atoms with E-state index in [4.69, 9.17) is 15.3 Å². The van der Waals surface area contributed by atoms with E-state index in [9.17, 15) is 23.9 Å². The predicted octanol–water partition coefficient (Wildman–Crippen LogP) is 2.80. The SMILES string of the molecule is Cl.O=C(O)c1ccc(O)c(O)c1.O=C(O)c1cn(C2CC2)c2cc(N3CCNCC3)c(F)cc2c1=O. The number of aromatic hydroxyl groups is 2. The summed E-state index contributed by atoms with van der Waals surface area (Å²) in [6.45, 7) is 2.96. The summed E-state index contributed by atoms with van der Waals surface area (Å²) in [7, 11) is 0. The van der Waals surface area contributed by atoms with Crippen LogP contribution >= 0.6 is 12.4 Å². The van der Waals surface area contributed by atoms with Crippen molar-refractivity contribution in [1.82, 2.24) is 9.88 Å². The summed E-state index contributed by atoms with van der Waals surface area (Å²) in [5.74, 6) is -3.64. The fourth-order valence-corrected chi connectivity index (χ4v) is 3.97. The zero-order valence-electron chi connectivity index (χ0n) is 19.0. The maximum absolute atomic E-state index is 14.6. The number of phenols is 2. The fraction of sp³-hybridized carbons (Fsp3) is 0.292. The van der Waals surface area contributed by atoms with Gasteiger partial charge in [0.1, 0.15) is 11.4 Å². The Bertz CT molecular complexity index is 1370. The summed E-state index contributed by atoms with van der Waals surface area (Å²) >= 11 is 0. The Morgan fingerprint density at radius 1 is 0.972 bits per heavy atom. The summed E-state index contributed by atoms with van der Waals surface area (Å²) in [4.78, 5) is 36.0. The second-order valence-electron chi connectivity index (χ2n) is 8.38. The highest BCUT2D eigenvalue weighted by atomic mass is 35.5. The van der Waals surface area contributed by atoms with Gasteiger partial charge in [0, 0.05) is 43.8 Å². The van der Waals surface area contributed by atoms with E-state index in [1.54, 1.807) is 6.07 Å². The number of nitrogens with zero attached hydrogens (tertiary/aromatic N) is 2. The van der Waals surface area contributed by atoms with Crippen LogP contribution in [0.5, 0.6) is 11.5 Å². The largest absolute Gasteiger partial charge is 0.504 e. The van der Waals surface area contributed by atoms with Gasteiger partial charge in [0.05, 0.1) is 16.8 Å². The Labute approximate surface area is 210 Å². The van der Waals surface area contributed by atoms with Gasteiger partial charge in [0.15, 0.2) is 11.5 Å². The van der Waals surface area contributed by atoms with Crippen LogP contribution in [0.2, 0.25) is 0 Å². The van der Waals surface area contributed by atoms with Crippen molar-refractivity contribution in [2.24, 2.45) is 0 Å². The number of carboxylic acids is 2. The molecule has 10 nitrogen and oxygen atoms in total. The zero-order valence-corrected chi connectivity index (χ0v) is 19.8. The van der Waals surface area contributed by atoms with Crippen molar-refractivity contribution >= 4 is 40.9 Å². The van der Waals surface area contributed by atoms with Gasteiger partial charge in [-0.3, -0.25) is 4.79 Å². The van der Waals surface area contributed by atoms with Gasteiger partial charge in [-0.25, -0.2) is 14.0 Å². The summed E-state index contributed by atoms with van der Waals surface area (Å²) in [6, 6.07) is 6.39. The molecule has 2 aliphatic rings. The molecule has 1 aliphatic heterocycles. The molecule has 5 N–H and O–H groups in total. The lowest BCUT2D eigenvalue weighted by Crippen LogP contribution is -2.43. The van der Waals surface area contributed by atoms with Crippen LogP contribution in [0.3, 0.4) is 0 Å². The van der Waals surface area contributed by atoms with E-state index in [-0.39, 0.29) is 40.7 Å². The number of aromatic carboxylic acids is 2. The Balaban J connectivity index is 0.000000256. The number of anilines is 1. The average molecular weight is 522 g/mol. The normalized spacial score (nSPS) is 15.0. The van der Waals surface area contributed by atoms with E-state index in [2.05, 4.69) is 5.32 Å². The van der Waals surface area contributed by atoms with Crippen LogP contribution in [0.15, 0.2) is 41.3 Å². The number of carbonyl (C=O) groups is 2. The monoisotopic (exact) mass is 521 g/mol. The minimum absolute atomic E-state index is 0. The number of benzene rings is 2. The van der Waals surface area contributed by atoms with Crippen molar-refractivity contribution in [1.29, 1.82) is 0 Å². The van der Waals surface area contributed by atoms with Gasteiger partial charge in [-0.05, 0) is 43.2 Å². The standard InChI is InChI=1S/C17H18FN3O3.C7H6O4.ClH/c18-13-7-11-14(8-15(13)20-5-3-19-4-6-20)21(10-1-2-10)9-12(16(11)22)17(23)24;8-5-2-1-4(7(10)11)3-6(5)9;/h7-10,19H,1-6H2,(H,23,24);1-3,8-9H,(H,10,11);1H. The molecule has 2 aromatic carbocycles. The number of carboxylic acid groups (broad SMARTS) is 2. The second kappa shape index (κ2) is 10.8. The van der Waals surface area contributed by atoms with E-state index < -0.39 is 28.9 Å². The topological polar surface area (TPSA) is 152 Å². The molecule has 0 bridgehead atoms. The Morgan fingerprint density at radius 3 is 2.19 bits per heavy atom. The molecule has 1 saturated carbocycles. The third kappa shape index (κ3) is 5.52. The maximum atomic E-state index is 14.6. The summed E-state index contributed by atoms with van der Waals surface area (Å²) in [5.41, 5.74) is 0.104. The number of aromatic nitrogens is 1. The van der Waals surface area contributed by atoms with Crippen molar-refractivity contribution in [2.75, 3.05) is 31.1 Å². The van der Waals surface area contributed by atoms with Crippen molar-refractivity contribution in [2.45, 2.75) is 18.9 Å². The quantitative estimate of drug-likeness (QED) is 0.326. The van der Waals surface area contributed by atoms with Crippen molar-refractivity contribution in [3.8, 4) is 11.5 Å². The van der Waals surface area contributed by atoms with Crippen molar-refractivity contribution in [3.63, 3.8) is 0 Å². The van der Waals surface area contributed by atoms with Crippen LogP contribution in [0.4, 0.5) is 10.1 Å². The van der Waals surface area contributed by atoms with Crippen LogP contribution in [0.25, 0.3) is 10.9 Å². The zero-order chi connectivity index (χ0) is 25.3. The number of piperazine rings is 1. The predicted molar refractivity (Wildman–Crippen MR) is 132 cm³/mol. The highest BCUT2D eigenvalue weighted by Crippen LogP contribution is 2.38. The number of halogens is 2. The van der Waals surface area contributed by atoms with E-state index in [1.807, 2.05) is 9.47 Å². The van der Waals surface area contributed by atoms with Crippen LogP contribution in [0, 0.1) is 5.82 Å². The molecular formula is C24H25ClFN3O7. The lowest BCUT2D eigenvalue weighted by molar-refractivity contribution is 0.0684. The van der Waals surface area contributed by atoms with Gasteiger partial charge in [-0.1, -0.05) is 0 Å². The number of rotatable bonds is 4. The van der Waals surface area contributed by atoms with Crippen LogP contribution in [-0.4, -0.2) is 63.1 Å². The molecule has 0 atom stereocenters. The minimum atomic E-state index is -1.28. The van der Waals surface area contributed by atoms with Gasteiger partial charge in [-0.2, -0.15) is 0 Å². The molecule has 12 heteroatoms. The van der Waals surface area contributed by atoms with E-state index >= 15 is 0 Å². The lowest BCUT2D eigenvalue weighted by atomic mass is 10.1. The van der Waals surface area contributed by atoms with Crippen LogP contribution in [0.1, 0.15) is 39.6 Å². The second-order valence-corrected chi connectivity index (χ2v) is 8.38. The molecule has 5 rings (SSSR count). The first kappa shape index (κ1) is 26.8. The number of fused-ring (bicyclic) bond motifs is 1. The molecule has 1 aromatic heterocycles. The first-order valence-corrected chi connectivity index (χ1v) is 11.0. The number of hydrogen-bond donors (Lipinski definition) is 5. The fourth-order valence-electron chi connectivity index (χ4n) is 3.97. The van der Waals surface area contributed by atoms with E-state index in [1.165, 1.54) is 18.3 Å². The number of nitrogens with one attached hydrogen (secondary N) is 1. The third-order valence-corrected chi connectivity index (χ3v) is 5.95. The Hall–Kier alpha value is -3.83. The first-order chi connectivity index (χ1) is 16.7. The Kier molecular flexibility index (Phi) is 8.06. The smallest absolute Gasteiger partial charge is 0.341 e. The van der Waals surface area contributed by atoms with E-state index in [0.717, 1.165) is 38.1 Å². The molecule has 3 aromatic rings. The van der Waals surface area contributed by atoms with Gasteiger partial charge >= 0.3 is 11.9 Å². The molecule has 2 fully saturated rings. The average Bonchev–Trinajstić information content (AvgIpc) is 3.67. The molecule has 1 saturated heterocycles. The molecule has 192 valence electrons. The van der Waals surface area contributed by atoms with Gasteiger partial charge < -0.3 is 35.2 Å².